The number of rotatable bonds is 6. The van der Waals surface area contributed by atoms with E-state index in [0.29, 0.717) is 0 Å². The van der Waals surface area contributed by atoms with Crippen molar-refractivity contribution in [3.8, 4) is 0 Å². The van der Waals surface area contributed by atoms with E-state index in [1.807, 2.05) is 19.2 Å². The van der Waals surface area contributed by atoms with Gasteiger partial charge in [-0.05, 0) is 44.0 Å². The number of guanidine groups is 1. The molecular weight excluding hydrogens is 349 g/mol. The molecular formula is C19H24FN5S. The molecule has 0 spiro atoms. The Bertz CT molecular complexity index is 912. The summed E-state index contributed by atoms with van der Waals surface area (Å²) in [6, 6.07) is 4.84. The highest BCUT2D eigenvalue weighted by atomic mass is 32.1. The van der Waals surface area contributed by atoms with Gasteiger partial charge in [0, 0.05) is 48.5 Å². The number of nitrogens with one attached hydrogen (secondary N) is 3. The second kappa shape index (κ2) is 8.31. The minimum atomic E-state index is -0.222. The molecule has 0 saturated carbocycles. The largest absolute Gasteiger partial charge is 0.361 e. The van der Waals surface area contributed by atoms with E-state index in [1.165, 1.54) is 22.6 Å². The van der Waals surface area contributed by atoms with Gasteiger partial charge < -0.3 is 15.6 Å². The molecule has 26 heavy (non-hydrogen) atoms. The lowest BCUT2D eigenvalue weighted by Gasteiger charge is -2.11. The van der Waals surface area contributed by atoms with Crippen LogP contribution in [0, 0.1) is 19.7 Å². The predicted octanol–water partition coefficient (Wildman–Crippen LogP) is 3.33. The third kappa shape index (κ3) is 4.40. The number of nitrogens with zero attached hydrogens (tertiary/aromatic N) is 2. The molecule has 2 aromatic heterocycles. The van der Waals surface area contributed by atoms with Gasteiger partial charge in [-0.1, -0.05) is 0 Å². The Morgan fingerprint density at radius 2 is 2.00 bits per heavy atom. The summed E-state index contributed by atoms with van der Waals surface area (Å²) in [5.41, 5.74) is 3.12. The highest BCUT2D eigenvalue weighted by Gasteiger charge is 2.07. The van der Waals surface area contributed by atoms with Crippen molar-refractivity contribution in [1.82, 2.24) is 20.6 Å². The predicted molar refractivity (Wildman–Crippen MR) is 107 cm³/mol. The van der Waals surface area contributed by atoms with Crippen molar-refractivity contribution in [1.29, 1.82) is 0 Å². The van der Waals surface area contributed by atoms with Crippen molar-refractivity contribution in [3.63, 3.8) is 0 Å². The normalized spacial score (nSPS) is 11.9. The molecule has 5 nitrogen and oxygen atoms in total. The van der Waals surface area contributed by atoms with Crippen LogP contribution in [0.15, 0.2) is 29.4 Å². The van der Waals surface area contributed by atoms with E-state index in [1.54, 1.807) is 18.4 Å². The molecule has 2 heterocycles. The van der Waals surface area contributed by atoms with Crippen LogP contribution in [0.4, 0.5) is 4.39 Å². The van der Waals surface area contributed by atoms with E-state index in [9.17, 15) is 4.39 Å². The molecule has 3 rings (SSSR count). The zero-order chi connectivity index (χ0) is 18.5. The van der Waals surface area contributed by atoms with Gasteiger partial charge >= 0.3 is 0 Å². The van der Waals surface area contributed by atoms with E-state index < -0.39 is 0 Å². The van der Waals surface area contributed by atoms with Crippen LogP contribution in [-0.4, -0.2) is 36.1 Å². The van der Waals surface area contributed by atoms with Crippen LogP contribution in [0.5, 0.6) is 0 Å². The van der Waals surface area contributed by atoms with Crippen LogP contribution in [0.3, 0.4) is 0 Å². The third-order valence-electron chi connectivity index (χ3n) is 4.28. The SMILES string of the molecule is CN=C(NCCc1sc(C)nc1C)NCCc1c[nH]c2cc(F)ccc12. The quantitative estimate of drug-likeness (QED) is 0.459. The fourth-order valence-electron chi connectivity index (χ4n) is 3.00. The number of aromatic amines is 1. The summed E-state index contributed by atoms with van der Waals surface area (Å²) < 4.78 is 13.3. The first-order chi connectivity index (χ1) is 12.6. The molecule has 0 fully saturated rings. The fourth-order valence-corrected chi connectivity index (χ4v) is 3.94. The molecule has 3 N–H and O–H groups in total. The molecule has 0 unspecified atom stereocenters. The van der Waals surface area contributed by atoms with Crippen molar-refractivity contribution in [3.05, 3.63) is 51.4 Å². The topological polar surface area (TPSA) is 65.1 Å². The van der Waals surface area contributed by atoms with E-state index in [0.717, 1.165) is 53.5 Å². The van der Waals surface area contributed by atoms with Crippen LogP contribution >= 0.6 is 11.3 Å². The van der Waals surface area contributed by atoms with E-state index in [2.05, 4.69) is 32.5 Å². The Labute approximate surface area is 156 Å². The van der Waals surface area contributed by atoms with E-state index in [-0.39, 0.29) is 5.82 Å². The molecule has 0 aliphatic carbocycles. The molecule has 138 valence electrons. The number of fused-ring (bicyclic) bond motifs is 1. The van der Waals surface area contributed by atoms with Gasteiger partial charge in [0.1, 0.15) is 5.82 Å². The van der Waals surface area contributed by atoms with Crippen LogP contribution in [0.1, 0.15) is 21.1 Å². The monoisotopic (exact) mass is 373 g/mol. The number of thiazole rings is 1. The minimum absolute atomic E-state index is 0.222. The van der Waals surface area contributed by atoms with Gasteiger partial charge in [-0.2, -0.15) is 0 Å². The molecule has 0 amide bonds. The van der Waals surface area contributed by atoms with Gasteiger partial charge in [-0.15, -0.1) is 11.3 Å². The van der Waals surface area contributed by atoms with Gasteiger partial charge in [-0.3, -0.25) is 4.99 Å². The number of benzene rings is 1. The number of halogens is 1. The van der Waals surface area contributed by atoms with Crippen LogP contribution in [0.25, 0.3) is 10.9 Å². The van der Waals surface area contributed by atoms with Crippen molar-refractivity contribution in [2.45, 2.75) is 26.7 Å². The Balaban J connectivity index is 1.47. The van der Waals surface area contributed by atoms with Gasteiger partial charge in [-0.25, -0.2) is 9.37 Å². The number of aromatic nitrogens is 2. The first-order valence-corrected chi connectivity index (χ1v) is 9.51. The van der Waals surface area contributed by atoms with Gasteiger partial charge in [0.2, 0.25) is 0 Å². The Kier molecular flexibility index (Phi) is 5.88. The number of H-pyrrole nitrogens is 1. The number of hydrogen-bond donors (Lipinski definition) is 3. The van der Waals surface area contributed by atoms with E-state index in [4.69, 9.17) is 0 Å². The van der Waals surface area contributed by atoms with Crippen LogP contribution in [0.2, 0.25) is 0 Å². The van der Waals surface area contributed by atoms with Gasteiger partial charge in [0.05, 0.1) is 10.7 Å². The summed E-state index contributed by atoms with van der Waals surface area (Å²) in [6.07, 6.45) is 3.71. The van der Waals surface area contributed by atoms with Crippen molar-refractivity contribution in [2.75, 3.05) is 20.1 Å². The molecule has 0 bridgehead atoms. The summed E-state index contributed by atoms with van der Waals surface area (Å²) in [5.74, 6) is 0.565. The smallest absolute Gasteiger partial charge is 0.190 e. The summed E-state index contributed by atoms with van der Waals surface area (Å²) in [4.78, 5) is 13.2. The molecule has 7 heteroatoms. The zero-order valence-electron chi connectivity index (χ0n) is 15.3. The molecule has 0 aliphatic heterocycles. The third-order valence-corrected chi connectivity index (χ3v) is 5.42. The Morgan fingerprint density at radius 3 is 2.69 bits per heavy atom. The second-order valence-electron chi connectivity index (χ2n) is 6.17. The first-order valence-electron chi connectivity index (χ1n) is 8.69. The summed E-state index contributed by atoms with van der Waals surface area (Å²) in [7, 11) is 1.77. The molecule has 3 aromatic rings. The van der Waals surface area contributed by atoms with Crippen LogP contribution in [-0.2, 0) is 12.8 Å². The first kappa shape index (κ1) is 18.4. The van der Waals surface area contributed by atoms with E-state index >= 15 is 0 Å². The van der Waals surface area contributed by atoms with Gasteiger partial charge in [0.15, 0.2) is 5.96 Å². The lowest BCUT2D eigenvalue weighted by molar-refractivity contribution is 0.629. The standard InChI is InChI=1S/C19H24FN5S/c1-12-18(26-13(2)25-12)7-9-23-19(21-3)22-8-6-14-11-24-17-10-15(20)4-5-16(14)17/h4-5,10-11,24H,6-9H2,1-3H3,(H2,21,22,23). The minimum Gasteiger partial charge on any atom is -0.361 e. The second-order valence-corrected chi connectivity index (χ2v) is 7.46. The maximum Gasteiger partial charge on any atom is 0.190 e. The highest BCUT2D eigenvalue weighted by molar-refractivity contribution is 7.11. The zero-order valence-corrected chi connectivity index (χ0v) is 16.1. The lowest BCUT2D eigenvalue weighted by atomic mass is 10.1. The average molecular weight is 374 g/mol. The molecule has 0 saturated heterocycles. The van der Waals surface area contributed by atoms with Crippen LogP contribution < -0.4 is 10.6 Å². The Morgan fingerprint density at radius 1 is 1.23 bits per heavy atom. The lowest BCUT2D eigenvalue weighted by Crippen LogP contribution is -2.39. The Hall–Kier alpha value is -2.41. The number of aryl methyl sites for hydroxylation is 2. The van der Waals surface area contributed by atoms with Crippen molar-refractivity contribution in [2.24, 2.45) is 4.99 Å². The molecule has 0 atom stereocenters. The van der Waals surface area contributed by atoms with Crippen molar-refractivity contribution < 1.29 is 4.39 Å². The summed E-state index contributed by atoms with van der Waals surface area (Å²) in [6.45, 7) is 5.66. The molecule has 0 aliphatic rings. The fraction of sp³-hybridized carbons (Fsp3) is 0.368. The summed E-state index contributed by atoms with van der Waals surface area (Å²) >= 11 is 1.75. The van der Waals surface area contributed by atoms with Crippen molar-refractivity contribution >= 4 is 28.2 Å². The average Bonchev–Trinajstić information content (AvgIpc) is 3.15. The number of hydrogen-bond acceptors (Lipinski definition) is 3. The number of aliphatic imine (C=N–C) groups is 1. The molecule has 1 aromatic carbocycles. The highest BCUT2D eigenvalue weighted by Crippen LogP contribution is 2.19. The maximum absolute atomic E-state index is 13.3. The van der Waals surface area contributed by atoms with Gasteiger partial charge in [0.25, 0.3) is 0 Å². The summed E-state index contributed by atoms with van der Waals surface area (Å²) in [5, 5.41) is 8.84. The molecule has 0 radical (unpaired) electrons. The maximum atomic E-state index is 13.3.